The van der Waals surface area contributed by atoms with Crippen LogP contribution in [-0.2, 0) is 13.0 Å². The Kier molecular flexibility index (Phi) is 5.48. The van der Waals surface area contributed by atoms with Crippen molar-refractivity contribution < 1.29 is 4.79 Å². The van der Waals surface area contributed by atoms with Crippen molar-refractivity contribution in [2.24, 2.45) is 5.73 Å². The molecular weight excluding hydrogens is 356 g/mol. The maximum absolute atomic E-state index is 12.7. The molecule has 1 aromatic heterocycles. The molecular formula is C21H24N4OS. The summed E-state index contributed by atoms with van der Waals surface area (Å²) in [6, 6.07) is 15.0. The van der Waals surface area contributed by atoms with E-state index in [0.717, 1.165) is 44.2 Å². The van der Waals surface area contributed by atoms with Crippen LogP contribution in [0.2, 0.25) is 0 Å². The lowest BCUT2D eigenvalue weighted by Gasteiger charge is -2.34. The molecule has 0 atom stereocenters. The van der Waals surface area contributed by atoms with Crippen LogP contribution in [0.1, 0.15) is 21.1 Å². The van der Waals surface area contributed by atoms with Gasteiger partial charge >= 0.3 is 0 Å². The number of benzene rings is 2. The van der Waals surface area contributed by atoms with E-state index in [2.05, 4.69) is 52.3 Å². The van der Waals surface area contributed by atoms with Crippen LogP contribution in [0.15, 0.2) is 47.8 Å². The van der Waals surface area contributed by atoms with Gasteiger partial charge < -0.3 is 10.6 Å². The molecule has 1 saturated heterocycles. The molecule has 0 saturated carbocycles. The minimum absolute atomic E-state index is 0.0410. The smallest absolute Gasteiger partial charge is 0.273 e. The summed E-state index contributed by atoms with van der Waals surface area (Å²) in [5.74, 6) is 0.0410. The Morgan fingerprint density at radius 2 is 1.85 bits per heavy atom. The summed E-state index contributed by atoms with van der Waals surface area (Å²) in [5.41, 5.74) is 7.47. The van der Waals surface area contributed by atoms with Gasteiger partial charge in [0, 0.05) is 44.5 Å². The van der Waals surface area contributed by atoms with Gasteiger partial charge in [-0.2, -0.15) is 0 Å². The zero-order valence-corrected chi connectivity index (χ0v) is 16.1. The van der Waals surface area contributed by atoms with E-state index < -0.39 is 0 Å². The summed E-state index contributed by atoms with van der Waals surface area (Å²) in [7, 11) is 0. The second-order valence-electron chi connectivity index (χ2n) is 6.87. The normalized spacial score (nSPS) is 15.4. The van der Waals surface area contributed by atoms with E-state index in [1.165, 1.54) is 27.7 Å². The Morgan fingerprint density at radius 1 is 1.07 bits per heavy atom. The van der Waals surface area contributed by atoms with Crippen molar-refractivity contribution in [3.05, 3.63) is 64.1 Å². The average molecular weight is 381 g/mol. The molecule has 6 heteroatoms. The number of hydrogen-bond donors (Lipinski definition) is 1. The van der Waals surface area contributed by atoms with E-state index in [9.17, 15) is 4.79 Å². The van der Waals surface area contributed by atoms with Gasteiger partial charge in [-0.1, -0.05) is 42.5 Å². The van der Waals surface area contributed by atoms with E-state index >= 15 is 0 Å². The second-order valence-corrected chi connectivity index (χ2v) is 7.81. The Morgan fingerprint density at radius 3 is 2.67 bits per heavy atom. The molecule has 0 aliphatic carbocycles. The number of fused-ring (bicyclic) bond motifs is 1. The summed E-state index contributed by atoms with van der Waals surface area (Å²) >= 11 is 1.52. The molecule has 0 bridgehead atoms. The molecule has 0 spiro atoms. The third kappa shape index (κ3) is 4.03. The van der Waals surface area contributed by atoms with Crippen LogP contribution >= 0.6 is 11.3 Å². The monoisotopic (exact) mass is 380 g/mol. The van der Waals surface area contributed by atoms with E-state index in [0.29, 0.717) is 12.2 Å². The number of hydrogen-bond acceptors (Lipinski definition) is 5. The van der Waals surface area contributed by atoms with E-state index in [4.69, 9.17) is 5.73 Å². The number of nitrogens with zero attached hydrogens (tertiary/aromatic N) is 3. The van der Waals surface area contributed by atoms with Gasteiger partial charge in [0.15, 0.2) is 0 Å². The first-order valence-corrected chi connectivity index (χ1v) is 10.3. The molecule has 0 unspecified atom stereocenters. The number of thiazole rings is 1. The Hall–Kier alpha value is -2.28. The molecule has 27 heavy (non-hydrogen) atoms. The number of carbonyl (C=O) groups excluding carboxylic acids is 1. The van der Waals surface area contributed by atoms with E-state index in [1.807, 2.05) is 10.3 Å². The van der Waals surface area contributed by atoms with E-state index in [-0.39, 0.29) is 5.91 Å². The van der Waals surface area contributed by atoms with Crippen LogP contribution in [0.4, 0.5) is 0 Å². The summed E-state index contributed by atoms with van der Waals surface area (Å²) in [5, 5.41) is 5.39. The zero-order valence-electron chi connectivity index (χ0n) is 15.3. The first kappa shape index (κ1) is 18.1. The van der Waals surface area contributed by atoms with Gasteiger partial charge in [0.05, 0.1) is 5.01 Å². The number of piperazine rings is 1. The average Bonchev–Trinajstić information content (AvgIpc) is 3.17. The number of nitrogens with two attached hydrogens (primary N) is 1. The molecule has 1 aliphatic heterocycles. The molecule has 1 amide bonds. The molecule has 3 aromatic rings. The van der Waals surface area contributed by atoms with Crippen LogP contribution in [0.5, 0.6) is 0 Å². The fourth-order valence-corrected chi connectivity index (χ4v) is 4.38. The summed E-state index contributed by atoms with van der Waals surface area (Å²) in [6.07, 6.45) is 0.733. The molecule has 1 fully saturated rings. The lowest BCUT2D eigenvalue weighted by atomic mass is 10.0. The van der Waals surface area contributed by atoms with Crippen LogP contribution in [0, 0.1) is 0 Å². The van der Waals surface area contributed by atoms with Crippen molar-refractivity contribution in [3.63, 3.8) is 0 Å². The maximum atomic E-state index is 12.7. The van der Waals surface area contributed by atoms with Gasteiger partial charge in [-0.25, -0.2) is 4.98 Å². The Balaban J connectivity index is 1.37. The van der Waals surface area contributed by atoms with Crippen molar-refractivity contribution in [1.82, 2.24) is 14.8 Å². The zero-order chi connectivity index (χ0) is 18.6. The Bertz CT molecular complexity index is 925. The fraction of sp³-hybridized carbons (Fsp3) is 0.333. The summed E-state index contributed by atoms with van der Waals surface area (Å²) in [4.78, 5) is 21.4. The molecule has 4 rings (SSSR count). The SMILES string of the molecule is NCCc1nc(C(=O)N2CCN(Cc3cccc4ccccc34)CC2)cs1. The highest BCUT2D eigenvalue weighted by Crippen LogP contribution is 2.21. The van der Waals surface area contributed by atoms with Crippen molar-refractivity contribution in [2.45, 2.75) is 13.0 Å². The van der Waals surface area contributed by atoms with Crippen LogP contribution in [0.25, 0.3) is 10.8 Å². The highest BCUT2D eigenvalue weighted by Gasteiger charge is 2.24. The molecule has 5 nitrogen and oxygen atoms in total. The predicted molar refractivity (Wildman–Crippen MR) is 110 cm³/mol. The predicted octanol–water partition coefficient (Wildman–Crippen LogP) is 2.76. The van der Waals surface area contributed by atoms with Crippen LogP contribution in [0.3, 0.4) is 0 Å². The largest absolute Gasteiger partial charge is 0.335 e. The summed E-state index contributed by atoms with van der Waals surface area (Å²) < 4.78 is 0. The van der Waals surface area contributed by atoms with Gasteiger partial charge in [0.25, 0.3) is 5.91 Å². The lowest BCUT2D eigenvalue weighted by molar-refractivity contribution is 0.0624. The quantitative estimate of drug-likeness (QED) is 0.739. The minimum Gasteiger partial charge on any atom is -0.335 e. The van der Waals surface area contributed by atoms with Gasteiger partial charge in [0.1, 0.15) is 5.69 Å². The number of carbonyl (C=O) groups is 1. The van der Waals surface area contributed by atoms with Gasteiger partial charge in [-0.3, -0.25) is 9.69 Å². The van der Waals surface area contributed by atoms with Crippen molar-refractivity contribution in [2.75, 3.05) is 32.7 Å². The number of aromatic nitrogens is 1. The molecule has 0 radical (unpaired) electrons. The maximum Gasteiger partial charge on any atom is 0.273 e. The first-order chi connectivity index (χ1) is 13.2. The van der Waals surface area contributed by atoms with Gasteiger partial charge in [-0.15, -0.1) is 11.3 Å². The van der Waals surface area contributed by atoms with Crippen molar-refractivity contribution in [3.8, 4) is 0 Å². The molecule has 2 N–H and O–H groups in total. The third-order valence-corrected chi connectivity index (χ3v) is 5.97. The molecule has 2 aromatic carbocycles. The number of amides is 1. The second kappa shape index (κ2) is 8.17. The third-order valence-electron chi connectivity index (χ3n) is 5.06. The van der Waals surface area contributed by atoms with Crippen LogP contribution < -0.4 is 5.73 Å². The number of rotatable bonds is 5. The molecule has 2 heterocycles. The lowest BCUT2D eigenvalue weighted by Crippen LogP contribution is -2.48. The molecule has 1 aliphatic rings. The first-order valence-electron chi connectivity index (χ1n) is 9.37. The fourth-order valence-electron chi connectivity index (χ4n) is 3.59. The van der Waals surface area contributed by atoms with Gasteiger partial charge in [-0.05, 0) is 22.9 Å². The summed E-state index contributed by atoms with van der Waals surface area (Å²) in [6.45, 7) is 4.74. The highest BCUT2D eigenvalue weighted by molar-refractivity contribution is 7.09. The Labute approximate surface area is 163 Å². The topological polar surface area (TPSA) is 62.5 Å². The van der Waals surface area contributed by atoms with Crippen molar-refractivity contribution in [1.29, 1.82) is 0 Å². The van der Waals surface area contributed by atoms with E-state index in [1.54, 1.807) is 0 Å². The standard InChI is InChI=1S/C21H24N4OS/c22-9-8-20-23-19(15-27-20)21(26)25-12-10-24(11-13-25)14-17-6-3-5-16-4-1-2-7-18(16)17/h1-7,15H,8-14,22H2. The van der Waals surface area contributed by atoms with Crippen molar-refractivity contribution >= 4 is 28.0 Å². The van der Waals surface area contributed by atoms with Gasteiger partial charge in [0.2, 0.25) is 0 Å². The molecule has 140 valence electrons. The minimum atomic E-state index is 0.0410. The van der Waals surface area contributed by atoms with Crippen LogP contribution in [-0.4, -0.2) is 53.4 Å². The highest BCUT2D eigenvalue weighted by atomic mass is 32.1.